The molecule has 0 bridgehead atoms. The number of thioether (sulfide) groups is 1. The third-order valence-electron chi connectivity index (χ3n) is 2.81. The van der Waals surface area contributed by atoms with Gasteiger partial charge in [-0.25, -0.2) is 0 Å². The predicted molar refractivity (Wildman–Crippen MR) is 69.2 cm³/mol. The highest BCUT2D eigenvalue weighted by Gasteiger charge is 2.03. The van der Waals surface area contributed by atoms with Crippen LogP contribution in [0.4, 0.5) is 0 Å². The molecule has 0 aromatic heterocycles. The minimum atomic E-state index is 1.16. The maximum Gasteiger partial charge on any atom is 0.0184 e. The molecule has 0 saturated heterocycles. The third-order valence-corrected chi connectivity index (χ3v) is 3.84. The van der Waals surface area contributed by atoms with Crippen molar-refractivity contribution in [3.8, 4) is 0 Å². The standard InChI is InChI=1S/C14H18S/c1-2-8-14(9-3-1)12-15-11-10-13-6-4-5-7-13/h1-3,6,8-9H,4-5,7,10-12H2. The van der Waals surface area contributed by atoms with Gasteiger partial charge in [-0.1, -0.05) is 42.0 Å². The lowest BCUT2D eigenvalue weighted by atomic mass is 10.2. The van der Waals surface area contributed by atoms with E-state index in [0.717, 1.165) is 5.75 Å². The molecule has 0 amide bonds. The van der Waals surface area contributed by atoms with Crippen molar-refractivity contribution in [2.75, 3.05) is 5.75 Å². The molecule has 0 spiro atoms. The fraction of sp³-hybridized carbons (Fsp3) is 0.429. The normalized spacial score (nSPS) is 15.3. The molecule has 0 heterocycles. The average Bonchev–Trinajstić information content (AvgIpc) is 2.79. The van der Waals surface area contributed by atoms with Crippen LogP contribution in [-0.4, -0.2) is 5.75 Å². The fourth-order valence-electron chi connectivity index (χ4n) is 1.93. The van der Waals surface area contributed by atoms with E-state index in [4.69, 9.17) is 0 Å². The Balaban J connectivity index is 1.63. The summed E-state index contributed by atoms with van der Waals surface area (Å²) in [5.74, 6) is 2.44. The van der Waals surface area contributed by atoms with Gasteiger partial charge >= 0.3 is 0 Å². The van der Waals surface area contributed by atoms with Gasteiger partial charge in [-0.2, -0.15) is 11.8 Å². The van der Waals surface area contributed by atoms with Crippen molar-refractivity contribution in [2.24, 2.45) is 0 Å². The lowest BCUT2D eigenvalue weighted by Crippen LogP contribution is -1.85. The highest BCUT2D eigenvalue weighted by molar-refractivity contribution is 7.98. The molecular weight excluding hydrogens is 200 g/mol. The van der Waals surface area contributed by atoms with Crippen molar-refractivity contribution in [1.82, 2.24) is 0 Å². The van der Waals surface area contributed by atoms with Gasteiger partial charge < -0.3 is 0 Å². The first-order chi connectivity index (χ1) is 7.45. The highest BCUT2D eigenvalue weighted by atomic mass is 32.2. The van der Waals surface area contributed by atoms with E-state index < -0.39 is 0 Å². The lowest BCUT2D eigenvalue weighted by Gasteiger charge is -2.02. The van der Waals surface area contributed by atoms with Gasteiger partial charge in [0.15, 0.2) is 0 Å². The summed E-state index contributed by atoms with van der Waals surface area (Å²) in [6.07, 6.45) is 7.80. The predicted octanol–water partition coefficient (Wildman–Crippen LogP) is 4.42. The summed E-state index contributed by atoms with van der Waals surface area (Å²) in [6.45, 7) is 0. The van der Waals surface area contributed by atoms with E-state index in [1.807, 2.05) is 0 Å². The van der Waals surface area contributed by atoms with Crippen LogP contribution in [0.3, 0.4) is 0 Å². The highest BCUT2D eigenvalue weighted by Crippen LogP contribution is 2.23. The quantitative estimate of drug-likeness (QED) is 0.521. The summed E-state index contributed by atoms with van der Waals surface area (Å²) in [7, 11) is 0. The van der Waals surface area contributed by atoms with Crippen molar-refractivity contribution in [3.63, 3.8) is 0 Å². The van der Waals surface area contributed by atoms with Crippen LogP contribution in [0, 0.1) is 0 Å². The molecule has 0 N–H and O–H groups in total. The Kier molecular flexibility index (Phi) is 4.34. The number of hydrogen-bond donors (Lipinski definition) is 0. The van der Waals surface area contributed by atoms with E-state index in [1.54, 1.807) is 5.57 Å². The smallest absolute Gasteiger partial charge is 0.0184 e. The zero-order chi connectivity index (χ0) is 10.3. The maximum atomic E-state index is 2.43. The number of benzene rings is 1. The van der Waals surface area contributed by atoms with Crippen LogP contribution in [0.15, 0.2) is 42.0 Å². The SMILES string of the molecule is C1=C(CCSCc2ccccc2)CCC1. The van der Waals surface area contributed by atoms with E-state index in [1.165, 1.54) is 37.0 Å². The molecule has 80 valence electrons. The van der Waals surface area contributed by atoms with Crippen LogP contribution in [0.1, 0.15) is 31.2 Å². The van der Waals surface area contributed by atoms with Gasteiger partial charge in [0.25, 0.3) is 0 Å². The molecule has 0 saturated carbocycles. The number of hydrogen-bond acceptors (Lipinski definition) is 1. The zero-order valence-electron chi connectivity index (χ0n) is 9.11. The number of rotatable bonds is 5. The largest absolute Gasteiger partial charge is 0.157 e. The molecule has 0 fully saturated rings. The third kappa shape index (κ3) is 3.75. The van der Waals surface area contributed by atoms with E-state index in [2.05, 4.69) is 48.2 Å². The van der Waals surface area contributed by atoms with Crippen LogP contribution in [-0.2, 0) is 5.75 Å². The summed E-state index contributed by atoms with van der Waals surface area (Å²) in [6, 6.07) is 10.7. The van der Waals surface area contributed by atoms with Gasteiger partial charge in [0.05, 0.1) is 0 Å². The van der Waals surface area contributed by atoms with Crippen molar-refractivity contribution in [1.29, 1.82) is 0 Å². The Labute approximate surface area is 96.8 Å². The van der Waals surface area contributed by atoms with Gasteiger partial charge in [0.1, 0.15) is 0 Å². The second kappa shape index (κ2) is 6.02. The molecule has 0 atom stereocenters. The van der Waals surface area contributed by atoms with Gasteiger partial charge in [-0.3, -0.25) is 0 Å². The van der Waals surface area contributed by atoms with E-state index in [9.17, 15) is 0 Å². The summed E-state index contributed by atoms with van der Waals surface area (Å²) < 4.78 is 0. The van der Waals surface area contributed by atoms with Crippen LogP contribution in [0.5, 0.6) is 0 Å². The van der Waals surface area contributed by atoms with Crippen LogP contribution < -0.4 is 0 Å². The molecule has 1 aliphatic carbocycles. The van der Waals surface area contributed by atoms with Crippen LogP contribution in [0.25, 0.3) is 0 Å². The topological polar surface area (TPSA) is 0 Å². The van der Waals surface area contributed by atoms with Crippen LogP contribution in [0.2, 0.25) is 0 Å². The van der Waals surface area contributed by atoms with Gasteiger partial charge in [0, 0.05) is 5.75 Å². The van der Waals surface area contributed by atoms with Crippen molar-refractivity contribution >= 4 is 11.8 Å². The van der Waals surface area contributed by atoms with Gasteiger partial charge in [0.2, 0.25) is 0 Å². The Morgan fingerprint density at radius 2 is 2.00 bits per heavy atom. The van der Waals surface area contributed by atoms with E-state index in [0.29, 0.717) is 0 Å². The molecule has 0 aliphatic heterocycles. The Morgan fingerprint density at radius 3 is 2.73 bits per heavy atom. The molecule has 2 rings (SSSR count). The van der Waals surface area contributed by atoms with Crippen molar-refractivity contribution in [3.05, 3.63) is 47.5 Å². The zero-order valence-corrected chi connectivity index (χ0v) is 9.93. The minimum absolute atomic E-state index is 1.16. The molecule has 1 aromatic carbocycles. The minimum Gasteiger partial charge on any atom is -0.157 e. The maximum absolute atomic E-state index is 2.43. The second-order valence-corrected chi connectivity index (χ2v) is 5.15. The average molecular weight is 218 g/mol. The van der Waals surface area contributed by atoms with Crippen molar-refractivity contribution in [2.45, 2.75) is 31.4 Å². The molecule has 1 aliphatic rings. The molecule has 0 unspecified atom stereocenters. The van der Waals surface area contributed by atoms with E-state index >= 15 is 0 Å². The first-order valence-corrected chi connectivity index (χ1v) is 6.90. The first kappa shape index (κ1) is 10.8. The summed E-state index contributed by atoms with van der Waals surface area (Å²) in [5.41, 5.74) is 3.14. The number of allylic oxidation sites excluding steroid dienone is 2. The summed E-state index contributed by atoms with van der Waals surface area (Å²) in [5, 5.41) is 0. The van der Waals surface area contributed by atoms with Crippen molar-refractivity contribution < 1.29 is 0 Å². The summed E-state index contributed by atoms with van der Waals surface area (Å²) in [4.78, 5) is 0. The molecule has 1 heteroatoms. The van der Waals surface area contributed by atoms with Gasteiger partial charge in [-0.15, -0.1) is 0 Å². The molecule has 15 heavy (non-hydrogen) atoms. The monoisotopic (exact) mass is 218 g/mol. The van der Waals surface area contributed by atoms with E-state index in [-0.39, 0.29) is 0 Å². The Hall–Kier alpha value is -0.690. The molecule has 1 aromatic rings. The second-order valence-electron chi connectivity index (χ2n) is 4.04. The fourth-order valence-corrected chi connectivity index (χ4v) is 2.91. The molecule has 0 radical (unpaired) electrons. The molecule has 0 nitrogen and oxygen atoms in total. The lowest BCUT2D eigenvalue weighted by molar-refractivity contribution is 0.882. The first-order valence-electron chi connectivity index (χ1n) is 5.75. The van der Waals surface area contributed by atoms with Gasteiger partial charge in [-0.05, 0) is 37.0 Å². The Bertz CT molecular complexity index is 313. The summed E-state index contributed by atoms with van der Waals surface area (Å²) >= 11 is 2.05. The van der Waals surface area contributed by atoms with Crippen LogP contribution >= 0.6 is 11.8 Å². The molecular formula is C14H18S. The Morgan fingerprint density at radius 1 is 1.13 bits per heavy atom.